The number of carboxylic acid groups (broad SMARTS) is 2. The van der Waals surface area contributed by atoms with E-state index in [1.54, 1.807) is 0 Å². The lowest BCUT2D eigenvalue weighted by Crippen LogP contribution is -2.54. The maximum absolute atomic E-state index is 9.79. The maximum atomic E-state index is 9.79. The molecular weight excluding hydrogens is 525 g/mol. The zero-order chi connectivity index (χ0) is 29.7. The van der Waals surface area contributed by atoms with Crippen molar-refractivity contribution in [2.24, 2.45) is 57.8 Å². The lowest BCUT2D eigenvalue weighted by atomic mass is 9.44. The van der Waals surface area contributed by atoms with E-state index in [1.165, 1.54) is 64.2 Å². The van der Waals surface area contributed by atoms with Gasteiger partial charge in [0.05, 0.1) is 6.10 Å². The average molecular weight is 584 g/mol. The lowest BCUT2D eigenvalue weighted by molar-refractivity contribution is -0.138. The van der Waals surface area contributed by atoms with Gasteiger partial charge in [-0.3, -0.25) is 15.1 Å². The smallest absolute Gasteiger partial charge is 0.303 e. The zero-order valence-electron chi connectivity index (χ0n) is 25.8. The second-order valence-electron chi connectivity index (χ2n) is 14.6. The van der Waals surface area contributed by atoms with E-state index in [0.29, 0.717) is 10.8 Å². The van der Waals surface area contributed by atoms with Crippen molar-refractivity contribution in [2.75, 3.05) is 0 Å². The lowest BCUT2D eigenvalue weighted by Gasteiger charge is -2.61. The van der Waals surface area contributed by atoms with Crippen molar-refractivity contribution in [3.8, 4) is 0 Å². The molecule has 4 aliphatic carbocycles. The molecule has 0 saturated heterocycles. The van der Waals surface area contributed by atoms with Gasteiger partial charge >= 0.3 is 11.9 Å². The molecule has 4 rings (SSSR count). The molecule has 4 fully saturated rings. The molecule has 0 aromatic rings. The molecule has 10 atom stereocenters. The second-order valence-corrected chi connectivity index (χ2v) is 15.4. The topological polar surface area (TPSA) is 130 Å². The monoisotopic (exact) mass is 583 g/mol. The fourth-order valence-corrected chi connectivity index (χ4v) is 10.4. The minimum absolute atomic E-state index is 0.0632. The maximum Gasteiger partial charge on any atom is 0.303 e. The first-order valence-electron chi connectivity index (χ1n) is 16.1. The highest BCUT2D eigenvalue weighted by atomic mass is 31.2. The van der Waals surface area contributed by atoms with Crippen LogP contribution in [-0.2, 0) is 14.1 Å². The highest BCUT2D eigenvalue weighted by Gasteiger charge is 2.60. The van der Waals surface area contributed by atoms with Crippen LogP contribution in [0.25, 0.3) is 0 Å². The summed E-state index contributed by atoms with van der Waals surface area (Å²) in [5.74, 6) is 4.39. The van der Waals surface area contributed by atoms with Crippen LogP contribution in [0.5, 0.6) is 0 Å². The molecule has 4 aliphatic rings. The highest BCUT2D eigenvalue weighted by molar-refractivity contribution is 7.43. The Kier molecular flexibility index (Phi) is 12.3. The number of carboxylic acids is 2. The number of hydrogen-bond acceptors (Lipinski definition) is 5. The molecule has 0 bridgehead atoms. The summed E-state index contributed by atoms with van der Waals surface area (Å²) in [6, 6.07) is 0. The zero-order valence-corrected chi connectivity index (χ0v) is 26.7. The van der Waals surface area contributed by atoms with Gasteiger partial charge in [-0.2, -0.15) is 0 Å². The third-order valence-corrected chi connectivity index (χ3v) is 12.4. The van der Waals surface area contributed by atoms with Crippen molar-refractivity contribution in [1.29, 1.82) is 0 Å². The standard InChI is InChI=1S/C27H50NO2P.C5H8O4/c1-18(2)7-6-8-19(3)23-11-12-24-22-10-9-20-17-21(30-31(28)29)13-15-26(20,4)25(22)14-16-27(23,24)5;6-4(7)2-1-3-5(8)9/h18-25,29H,6-17,28H2,1-5H3;1-3H2,(H,6,7)(H,8,9). The first-order valence-corrected chi connectivity index (χ1v) is 17.4. The van der Waals surface area contributed by atoms with Crippen LogP contribution in [0.4, 0.5) is 0 Å². The van der Waals surface area contributed by atoms with Gasteiger partial charge in [0, 0.05) is 12.8 Å². The van der Waals surface area contributed by atoms with Gasteiger partial charge in [0.2, 0.25) is 8.53 Å². The van der Waals surface area contributed by atoms with Crippen molar-refractivity contribution in [3.63, 3.8) is 0 Å². The fraction of sp³-hybridized carbons (Fsp3) is 0.938. The summed E-state index contributed by atoms with van der Waals surface area (Å²) in [5, 5.41) is 16.1. The minimum Gasteiger partial charge on any atom is -0.481 e. The van der Waals surface area contributed by atoms with Crippen LogP contribution in [-0.4, -0.2) is 33.1 Å². The third kappa shape index (κ3) is 8.20. The second kappa shape index (κ2) is 14.6. The Hall–Kier alpha value is -0.750. The predicted molar refractivity (Wildman–Crippen MR) is 160 cm³/mol. The van der Waals surface area contributed by atoms with Crippen molar-refractivity contribution in [1.82, 2.24) is 0 Å². The largest absolute Gasteiger partial charge is 0.481 e. The summed E-state index contributed by atoms with van der Waals surface area (Å²) in [6.45, 7) is 12.6. The summed E-state index contributed by atoms with van der Waals surface area (Å²) in [7, 11) is -1.71. The average Bonchev–Trinajstić information content (AvgIpc) is 3.21. The molecule has 4 saturated carbocycles. The van der Waals surface area contributed by atoms with Crippen LogP contribution in [0.1, 0.15) is 131 Å². The number of aliphatic carboxylic acids is 2. The van der Waals surface area contributed by atoms with Crippen LogP contribution < -0.4 is 5.50 Å². The van der Waals surface area contributed by atoms with E-state index in [2.05, 4.69) is 34.6 Å². The van der Waals surface area contributed by atoms with Crippen molar-refractivity contribution >= 4 is 20.5 Å². The van der Waals surface area contributed by atoms with Crippen LogP contribution >= 0.6 is 8.53 Å². The highest BCUT2D eigenvalue weighted by Crippen LogP contribution is 2.68. The van der Waals surface area contributed by atoms with Crippen molar-refractivity contribution in [2.45, 2.75) is 137 Å². The van der Waals surface area contributed by atoms with E-state index in [1.807, 2.05) is 0 Å². The van der Waals surface area contributed by atoms with Crippen LogP contribution in [0.3, 0.4) is 0 Å². The van der Waals surface area contributed by atoms with E-state index < -0.39 is 20.5 Å². The van der Waals surface area contributed by atoms with Gasteiger partial charge in [-0.05, 0) is 116 Å². The first kappa shape index (κ1) is 33.7. The molecule has 0 heterocycles. The number of carbonyl (C=O) groups is 2. The molecule has 232 valence electrons. The predicted octanol–water partition coefficient (Wildman–Crippen LogP) is 8.00. The molecule has 0 radical (unpaired) electrons. The molecule has 0 aliphatic heterocycles. The first-order chi connectivity index (χ1) is 18.8. The van der Waals surface area contributed by atoms with Gasteiger partial charge in [-0.1, -0.05) is 53.9 Å². The van der Waals surface area contributed by atoms with Crippen LogP contribution in [0, 0.1) is 52.3 Å². The Morgan fingerprint density at radius 2 is 1.50 bits per heavy atom. The summed E-state index contributed by atoms with van der Waals surface area (Å²) < 4.78 is 5.69. The Bertz CT molecular complexity index is 824. The SMILES string of the molecule is CC(C)CCCC(C)C1CCC2C3CCC4CC(OP(N)O)CCC4(C)C3CCC12C.O=C(O)CCCC(=O)O. The van der Waals surface area contributed by atoms with E-state index in [-0.39, 0.29) is 25.4 Å². The normalized spacial score (nSPS) is 38.3. The summed E-state index contributed by atoms with van der Waals surface area (Å²) in [4.78, 5) is 29.1. The van der Waals surface area contributed by atoms with Gasteiger partial charge in [-0.25, -0.2) is 0 Å². The molecular formula is C32H58NO6P. The molecule has 0 aromatic heterocycles. The minimum atomic E-state index is -1.71. The molecule has 0 aromatic carbocycles. The Labute approximate surface area is 244 Å². The number of fused-ring (bicyclic) bond motifs is 5. The Morgan fingerprint density at radius 3 is 2.10 bits per heavy atom. The van der Waals surface area contributed by atoms with E-state index in [0.717, 1.165) is 54.3 Å². The van der Waals surface area contributed by atoms with E-state index in [9.17, 15) is 14.5 Å². The molecule has 40 heavy (non-hydrogen) atoms. The number of rotatable bonds is 11. The molecule has 7 nitrogen and oxygen atoms in total. The van der Waals surface area contributed by atoms with Gasteiger partial charge in [0.1, 0.15) is 0 Å². The third-order valence-electron chi connectivity index (χ3n) is 11.9. The summed E-state index contributed by atoms with van der Waals surface area (Å²) in [6.07, 6.45) is 16.7. The van der Waals surface area contributed by atoms with Gasteiger partial charge in [0.15, 0.2) is 0 Å². The van der Waals surface area contributed by atoms with E-state index in [4.69, 9.17) is 20.2 Å². The summed E-state index contributed by atoms with van der Waals surface area (Å²) in [5.41, 5.74) is 6.66. The number of nitrogens with two attached hydrogens (primary N) is 1. The fourth-order valence-electron chi connectivity index (χ4n) is 9.88. The number of hydrogen-bond donors (Lipinski definition) is 4. The Morgan fingerprint density at radius 1 is 0.875 bits per heavy atom. The van der Waals surface area contributed by atoms with E-state index >= 15 is 0 Å². The van der Waals surface area contributed by atoms with Crippen molar-refractivity contribution < 1.29 is 29.2 Å². The molecule has 5 N–H and O–H groups in total. The van der Waals surface area contributed by atoms with Gasteiger partial charge in [-0.15, -0.1) is 0 Å². The molecule has 0 spiro atoms. The van der Waals surface area contributed by atoms with Crippen molar-refractivity contribution in [3.05, 3.63) is 0 Å². The van der Waals surface area contributed by atoms with Gasteiger partial charge < -0.3 is 19.6 Å². The van der Waals surface area contributed by atoms with Crippen LogP contribution in [0.2, 0.25) is 0 Å². The molecule has 8 heteroatoms. The summed E-state index contributed by atoms with van der Waals surface area (Å²) >= 11 is 0. The Balaban J connectivity index is 0.000000424. The molecule has 0 amide bonds. The van der Waals surface area contributed by atoms with Gasteiger partial charge in [0.25, 0.3) is 0 Å². The quantitative estimate of drug-likeness (QED) is 0.181. The molecule has 10 unspecified atom stereocenters. The van der Waals surface area contributed by atoms with Crippen LogP contribution in [0.15, 0.2) is 0 Å².